The molecule has 2 aromatic rings. The Labute approximate surface area is 119 Å². The van der Waals surface area contributed by atoms with Crippen LogP contribution < -0.4 is 10.5 Å². The van der Waals surface area contributed by atoms with Crippen molar-refractivity contribution in [3.05, 3.63) is 59.4 Å². The number of alkyl halides is 3. The molecular formula is C15H13F4NO. The number of rotatable bonds is 4. The van der Waals surface area contributed by atoms with Gasteiger partial charge in [0, 0.05) is 6.07 Å². The molecule has 2 nitrogen and oxygen atoms in total. The van der Waals surface area contributed by atoms with E-state index in [9.17, 15) is 17.6 Å². The van der Waals surface area contributed by atoms with Gasteiger partial charge in [-0.3, -0.25) is 0 Å². The van der Waals surface area contributed by atoms with E-state index >= 15 is 0 Å². The summed E-state index contributed by atoms with van der Waals surface area (Å²) in [5.41, 5.74) is 5.04. The zero-order valence-corrected chi connectivity index (χ0v) is 11.0. The van der Waals surface area contributed by atoms with Gasteiger partial charge in [0.25, 0.3) is 0 Å². The summed E-state index contributed by atoms with van der Waals surface area (Å²) in [5, 5.41) is 0. The number of halogens is 4. The second-order valence-electron chi connectivity index (χ2n) is 4.43. The molecule has 0 spiro atoms. The number of hydrogen-bond acceptors (Lipinski definition) is 2. The Balaban J connectivity index is 2.35. The average Bonchev–Trinajstić information content (AvgIpc) is 2.37. The third-order valence-corrected chi connectivity index (χ3v) is 2.78. The van der Waals surface area contributed by atoms with Crippen molar-refractivity contribution in [3.8, 4) is 11.5 Å². The van der Waals surface area contributed by atoms with Crippen LogP contribution in [0.4, 0.5) is 17.6 Å². The predicted molar refractivity (Wildman–Crippen MR) is 70.7 cm³/mol. The fourth-order valence-corrected chi connectivity index (χ4v) is 1.91. The van der Waals surface area contributed by atoms with E-state index in [1.54, 1.807) is 0 Å². The van der Waals surface area contributed by atoms with Crippen molar-refractivity contribution in [1.29, 1.82) is 0 Å². The second kappa shape index (κ2) is 6.13. The molecule has 2 aromatic carbocycles. The Kier molecular flexibility index (Phi) is 4.47. The maximum absolute atomic E-state index is 13.4. The summed E-state index contributed by atoms with van der Waals surface area (Å²) in [6.07, 6.45) is -4.13. The maximum Gasteiger partial charge on any atom is 0.419 e. The molecule has 21 heavy (non-hydrogen) atoms. The molecule has 0 saturated heterocycles. The Hall–Kier alpha value is -2.08. The van der Waals surface area contributed by atoms with Crippen molar-refractivity contribution < 1.29 is 22.3 Å². The summed E-state index contributed by atoms with van der Waals surface area (Å²) in [4.78, 5) is 0. The normalized spacial score (nSPS) is 11.5. The van der Waals surface area contributed by atoms with Crippen LogP contribution in [0.1, 0.15) is 11.1 Å². The third kappa shape index (κ3) is 3.95. The quantitative estimate of drug-likeness (QED) is 0.861. The monoisotopic (exact) mass is 299 g/mol. The fraction of sp³-hybridized carbons (Fsp3) is 0.200. The molecule has 2 rings (SSSR count). The minimum atomic E-state index is -4.54. The van der Waals surface area contributed by atoms with E-state index < -0.39 is 17.6 Å². The molecule has 0 unspecified atom stereocenters. The lowest BCUT2D eigenvalue weighted by Gasteiger charge is -2.14. The molecule has 0 aliphatic rings. The van der Waals surface area contributed by atoms with Gasteiger partial charge in [-0.15, -0.1) is 0 Å². The highest BCUT2D eigenvalue weighted by Gasteiger charge is 2.34. The number of benzene rings is 2. The first-order valence-corrected chi connectivity index (χ1v) is 6.24. The average molecular weight is 299 g/mol. The van der Waals surface area contributed by atoms with E-state index in [0.29, 0.717) is 18.5 Å². The predicted octanol–water partition coefficient (Wildman–Crippen LogP) is 4.14. The van der Waals surface area contributed by atoms with E-state index in [1.165, 1.54) is 30.3 Å². The summed E-state index contributed by atoms with van der Waals surface area (Å²) in [6.45, 7) is 0.308. The lowest BCUT2D eigenvalue weighted by Crippen LogP contribution is -2.07. The lowest BCUT2D eigenvalue weighted by atomic mass is 10.1. The molecule has 0 aromatic heterocycles. The third-order valence-electron chi connectivity index (χ3n) is 2.78. The van der Waals surface area contributed by atoms with Crippen LogP contribution in [-0.4, -0.2) is 6.54 Å². The number of hydrogen-bond donors (Lipinski definition) is 1. The molecule has 0 radical (unpaired) electrons. The SMILES string of the molecule is NCCc1cc(F)cc(Oc2ccccc2C(F)(F)F)c1. The minimum Gasteiger partial charge on any atom is -0.457 e. The molecule has 0 bridgehead atoms. The minimum absolute atomic E-state index is 0.00940. The molecule has 112 valence electrons. The summed E-state index contributed by atoms with van der Waals surface area (Å²) < 4.78 is 57.2. The molecule has 6 heteroatoms. The molecule has 0 atom stereocenters. The van der Waals surface area contributed by atoms with Crippen LogP contribution in [0.5, 0.6) is 11.5 Å². The van der Waals surface area contributed by atoms with Crippen LogP contribution in [-0.2, 0) is 12.6 Å². The fourth-order valence-electron chi connectivity index (χ4n) is 1.91. The van der Waals surface area contributed by atoms with Gasteiger partial charge in [-0.1, -0.05) is 12.1 Å². The zero-order chi connectivity index (χ0) is 15.5. The van der Waals surface area contributed by atoms with Crippen molar-refractivity contribution >= 4 is 0 Å². The lowest BCUT2D eigenvalue weighted by molar-refractivity contribution is -0.138. The topological polar surface area (TPSA) is 35.2 Å². The number of para-hydroxylation sites is 1. The smallest absolute Gasteiger partial charge is 0.419 e. The Morgan fingerprint density at radius 1 is 1.05 bits per heavy atom. The van der Waals surface area contributed by atoms with Gasteiger partial charge in [-0.2, -0.15) is 13.2 Å². The molecule has 0 heterocycles. The van der Waals surface area contributed by atoms with Crippen LogP contribution in [0.3, 0.4) is 0 Å². The molecule has 0 aliphatic carbocycles. The van der Waals surface area contributed by atoms with Crippen LogP contribution in [0.25, 0.3) is 0 Å². The van der Waals surface area contributed by atoms with Crippen molar-refractivity contribution in [2.45, 2.75) is 12.6 Å². The van der Waals surface area contributed by atoms with Crippen LogP contribution in [0.2, 0.25) is 0 Å². The van der Waals surface area contributed by atoms with Gasteiger partial charge in [-0.25, -0.2) is 4.39 Å². The number of nitrogens with two attached hydrogens (primary N) is 1. The number of ether oxygens (including phenoxy) is 1. The highest BCUT2D eigenvalue weighted by molar-refractivity contribution is 5.40. The van der Waals surface area contributed by atoms with Gasteiger partial charge < -0.3 is 10.5 Å². The van der Waals surface area contributed by atoms with Crippen LogP contribution in [0, 0.1) is 5.82 Å². The molecular weight excluding hydrogens is 286 g/mol. The highest BCUT2D eigenvalue weighted by Crippen LogP contribution is 2.38. The van der Waals surface area contributed by atoms with Crippen LogP contribution >= 0.6 is 0 Å². The van der Waals surface area contributed by atoms with Gasteiger partial charge in [0.1, 0.15) is 17.3 Å². The van der Waals surface area contributed by atoms with Crippen molar-refractivity contribution in [2.75, 3.05) is 6.54 Å². The van der Waals surface area contributed by atoms with Gasteiger partial charge in [0.05, 0.1) is 5.56 Å². The van der Waals surface area contributed by atoms with Crippen LogP contribution in [0.15, 0.2) is 42.5 Å². The van der Waals surface area contributed by atoms with Gasteiger partial charge >= 0.3 is 6.18 Å². The summed E-state index contributed by atoms with van der Waals surface area (Å²) in [7, 11) is 0. The molecule has 0 fully saturated rings. The van der Waals surface area contributed by atoms with Gasteiger partial charge in [0.2, 0.25) is 0 Å². The summed E-state index contributed by atoms with van der Waals surface area (Å²) in [6, 6.07) is 8.57. The first-order chi connectivity index (χ1) is 9.90. The van der Waals surface area contributed by atoms with E-state index in [-0.39, 0.29) is 11.5 Å². The van der Waals surface area contributed by atoms with E-state index in [2.05, 4.69) is 0 Å². The van der Waals surface area contributed by atoms with E-state index in [1.807, 2.05) is 0 Å². The standard InChI is InChI=1S/C15H13F4NO/c16-11-7-10(5-6-20)8-12(9-11)21-14-4-2-1-3-13(14)15(17,18)19/h1-4,7-9H,5-6,20H2. The zero-order valence-electron chi connectivity index (χ0n) is 11.0. The summed E-state index contributed by atoms with van der Waals surface area (Å²) >= 11 is 0. The van der Waals surface area contributed by atoms with Crippen molar-refractivity contribution in [3.63, 3.8) is 0 Å². The highest BCUT2D eigenvalue weighted by atomic mass is 19.4. The summed E-state index contributed by atoms with van der Waals surface area (Å²) in [5.74, 6) is -0.940. The van der Waals surface area contributed by atoms with Crippen molar-refractivity contribution in [1.82, 2.24) is 0 Å². The second-order valence-corrected chi connectivity index (χ2v) is 4.43. The molecule has 2 N–H and O–H groups in total. The largest absolute Gasteiger partial charge is 0.457 e. The van der Waals surface area contributed by atoms with Gasteiger partial charge in [0.15, 0.2) is 0 Å². The van der Waals surface area contributed by atoms with Gasteiger partial charge in [-0.05, 0) is 42.8 Å². The first-order valence-electron chi connectivity index (χ1n) is 6.24. The molecule has 0 amide bonds. The van der Waals surface area contributed by atoms with E-state index in [0.717, 1.165) is 12.1 Å². The Bertz CT molecular complexity index is 625. The molecule has 0 saturated carbocycles. The van der Waals surface area contributed by atoms with Crippen molar-refractivity contribution in [2.24, 2.45) is 5.73 Å². The first kappa shape index (κ1) is 15.3. The van der Waals surface area contributed by atoms with E-state index in [4.69, 9.17) is 10.5 Å². The Morgan fingerprint density at radius 2 is 1.76 bits per heavy atom. The Morgan fingerprint density at radius 3 is 2.43 bits per heavy atom. The molecule has 0 aliphatic heterocycles. The maximum atomic E-state index is 13.4.